The molecule has 2 heterocycles. The van der Waals surface area contributed by atoms with Gasteiger partial charge in [0, 0.05) is 29.2 Å². The summed E-state index contributed by atoms with van der Waals surface area (Å²) in [7, 11) is -3.90. The highest BCUT2D eigenvalue weighted by Gasteiger charge is 2.27. The van der Waals surface area contributed by atoms with Gasteiger partial charge in [0.15, 0.2) is 0 Å². The summed E-state index contributed by atoms with van der Waals surface area (Å²) in [6.07, 6.45) is 5.77. The Morgan fingerprint density at radius 3 is 2.51 bits per heavy atom. The maximum Gasteiger partial charge on any atom is 0.407 e. The lowest BCUT2D eigenvalue weighted by Crippen LogP contribution is -2.44. The number of nitrogens with one attached hydrogen (secondary N) is 2. The molecule has 1 aliphatic rings. The van der Waals surface area contributed by atoms with Crippen molar-refractivity contribution in [3.05, 3.63) is 72.6 Å². The zero-order valence-corrected chi connectivity index (χ0v) is 24.0. The number of carbonyl (C=O) groups excluding carboxylic acids is 1. The van der Waals surface area contributed by atoms with Crippen molar-refractivity contribution in [1.29, 1.82) is 5.26 Å². The average Bonchev–Trinajstić information content (AvgIpc) is 3.33. The Morgan fingerprint density at radius 2 is 1.78 bits per heavy atom. The fraction of sp³-hybridized carbons (Fsp3) is 0.333. The van der Waals surface area contributed by atoms with Crippen molar-refractivity contribution in [2.45, 2.75) is 69.0 Å². The van der Waals surface area contributed by atoms with Gasteiger partial charge in [-0.2, -0.15) is 5.26 Å². The van der Waals surface area contributed by atoms with E-state index < -0.39 is 21.7 Å². The molecule has 0 radical (unpaired) electrons. The Hall–Kier alpha value is -4.43. The Bertz CT molecular complexity index is 1720. The molecule has 1 amide bonds. The third kappa shape index (κ3) is 6.18. The molecule has 2 N–H and O–H groups in total. The first-order valence-corrected chi connectivity index (χ1v) is 14.9. The zero-order valence-electron chi connectivity index (χ0n) is 23.2. The highest BCUT2D eigenvalue weighted by atomic mass is 32.2. The van der Waals surface area contributed by atoms with Crippen molar-refractivity contribution in [3.63, 3.8) is 0 Å². The lowest BCUT2D eigenvalue weighted by atomic mass is 9.91. The molecule has 0 spiro atoms. The Kier molecular flexibility index (Phi) is 7.69. The fourth-order valence-corrected chi connectivity index (χ4v) is 6.48. The Balaban J connectivity index is 1.45. The van der Waals surface area contributed by atoms with Crippen molar-refractivity contribution < 1.29 is 17.9 Å². The molecule has 0 unspecified atom stereocenters. The number of ether oxygens (including phenoxy) is 1. The first kappa shape index (κ1) is 28.1. The van der Waals surface area contributed by atoms with E-state index in [0.29, 0.717) is 34.5 Å². The first-order chi connectivity index (χ1) is 19.5. The number of alkyl carbamates (subject to hydrolysis) is 1. The highest BCUT2D eigenvalue weighted by molar-refractivity contribution is 7.90. The summed E-state index contributed by atoms with van der Waals surface area (Å²) < 4.78 is 33.8. The number of aromatic nitrogens is 3. The summed E-state index contributed by atoms with van der Waals surface area (Å²) in [6, 6.07) is 17.4. The molecule has 10 nitrogen and oxygen atoms in total. The lowest BCUT2D eigenvalue weighted by Gasteiger charge is -2.31. The number of hydrogen-bond acceptors (Lipinski definition) is 8. The van der Waals surface area contributed by atoms with Crippen LogP contribution in [0.2, 0.25) is 0 Å². The number of para-hydroxylation sites is 1. The molecular weight excluding hydrogens is 540 g/mol. The quantitative estimate of drug-likeness (QED) is 0.311. The standard InChI is InChI=1S/C30H32N6O4S/c1-30(2,3)40-29(37)34-22-11-9-10-21(16-22)33-28-32-18-20(17-31)27(35-28)25-19-36(26-15-8-7-14-24(25)26)41(38,39)23-12-5-4-6-13-23/h4-8,12-15,18-19,21-22H,9-11,16H2,1-3H3,(H,34,37)(H,32,33,35)/t21-,22+/m1/s1. The smallest absolute Gasteiger partial charge is 0.407 e. The summed E-state index contributed by atoms with van der Waals surface area (Å²) in [5.74, 6) is 0.324. The third-order valence-electron chi connectivity index (χ3n) is 6.87. The minimum atomic E-state index is -3.90. The predicted molar refractivity (Wildman–Crippen MR) is 156 cm³/mol. The molecule has 11 heteroatoms. The van der Waals surface area contributed by atoms with E-state index in [0.717, 1.165) is 19.3 Å². The second kappa shape index (κ2) is 11.2. The van der Waals surface area contributed by atoms with Crippen LogP contribution in [0.15, 0.2) is 71.9 Å². The van der Waals surface area contributed by atoms with Crippen LogP contribution in [0, 0.1) is 11.3 Å². The second-order valence-corrected chi connectivity index (χ2v) is 12.9. The number of benzene rings is 2. The first-order valence-electron chi connectivity index (χ1n) is 13.5. The van der Waals surface area contributed by atoms with Gasteiger partial charge in [0.2, 0.25) is 5.95 Å². The molecule has 1 aliphatic carbocycles. The number of rotatable bonds is 6. The van der Waals surface area contributed by atoms with Crippen LogP contribution in [-0.2, 0) is 14.8 Å². The van der Waals surface area contributed by atoms with Crippen molar-refractivity contribution in [2.24, 2.45) is 0 Å². The molecule has 41 heavy (non-hydrogen) atoms. The van der Waals surface area contributed by atoms with E-state index >= 15 is 0 Å². The minimum absolute atomic E-state index is 0.00993. The van der Waals surface area contributed by atoms with Gasteiger partial charge in [0.25, 0.3) is 10.0 Å². The molecule has 212 valence electrons. The van der Waals surface area contributed by atoms with Gasteiger partial charge in [-0.1, -0.05) is 36.4 Å². The van der Waals surface area contributed by atoms with Crippen molar-refractivity contribution >= 4 is 33.0 Å². The summed E-state index contributed by atoms with van der Waals surface area (Å²) in [6.45, 7) is 5.48. The van der Waals surface area contributed by atoms with Gasteiger partial charge in [-0.05, 0) is 64.7 Å². The molecular formula is C30H32N6O4S. The van der Waals surface area contributed by atoms with Gasteiger partial charge in [0.05, 0.1) is 27.9 Å². The van der Waals surface area contributed by atoms with Crippen LogP contribution in [0.5, 0.6) is 0 Å². The zero-order chi connectivity index (χ0) is 29.2. The van der Waals surface area contributed by atoms with E-state index in [1.165, 1.54) is 16.4 Å². The van der Waals surface area contributed by atoms with E-state index in [2.05, 4.69) is 21.7 Å². The lowest BCUT2D eigenvalue weighted by molar-refractivity contribution is 0.0492. The van der Waals surface area contributed by atoms with Crippen LogP contribution in [-0.4, -0.2) is 46.1 Å². The van der Waals surface area contributed by atoms with Crippen LogP contribution in [0.4, 0.5) is 10.7 Å². The van der Waals surface area contributed by atoms with Gasteiger partial charge in [-0.25, -0.2) is 27.2 Å². The largest absolute Gasteiger partial charge is 0.444 e. The summed E-state index contributed by atoms with van der Waals surface area (Å²) in [5, 5.41) is 16.8. The summed E-state index contributed by atoms with van der Waals surface area (Å²) >= 11 is 0. The number of nitrogens with zero attached hydrogens (tertiary/aromatic N) is 4. The normalized spacial score (nSPS) is 17.5. The monoisotopic (exact) mass is 572 g/mol. The Morgan fingerprint density at radius 1 is 1.07 bits per heavy atom. The highest BCUT2D eigenvalue weighted by Crippen LogP contribution is 2.34. The van der Waals surface area contributed by atoms with Gasteiger partial charge in [0.1, 0.15) is 11.7 Å². The van der Waals surface area contributed by atoms with Crippen molar-refractivity contribution in [2.75, 3.05) is 5.32 Å². The number of anilines is 1. The third-order valence-corrected chi connectivity index (χ3v) is 8.56. The molecule has 0 aliphatic heterocycles. The van der Waals surface area contributed by atoms with Crippen LogP contribution < -0.4 is 10.6 Å². The van der Waals surface area contributed by atoms with Gasteiger partial charge >= 0.3 is 6.09 Å². The molecule has 2 aromatic heterocycles. The van der Waals surface area contributed by atoms with Gasteiger partial charge < -0.3 is 15.4 Å². The maximum absolute atomic E-state index is 13.6. The molecule has 5 rings (SSSR count). The molecule has 0 bridgehead atoms. The molecule has 2 atom stereocenters. The van der Waals surface area contributed by atoms with Crippen LogP contribution >= 0.6 is 0 Å². The van der Waals surface area contributed by atoms with Crippen LogP contribution in [0.3, 0.4) is 0 Å². The number of nitriles is 1. The molecule has 0 saturated heterocycles. The Labute approximate surface area is 239 Å². The summed E-state index contributed by atoms with van der Waals surface area (Å²) in [5.41, 5.74) is 0.972. The maximum atomic E-state index is 13.6. The number of fused-ring (bicyclic) bond motifs is 1. The number of amides is 1. The van der Waals surface area contributed by atoms with E-state index in [-0.39, 0.29) is 22.5 Å². The van der Waals surface area contributed by atoms with E-state index in [1.807, 2.05) is 32.9 Å². The van der Waals surface area contributed by atoms with E-state index in [9.17, 15) is 18.5 Å². The number of carbonyl (C=O) groups is 1. The molecule has 4 aromatic rings. The number of hydrogen-bond donors (Lipinski definition) is 2. The molecule has 2 aromatic carbocycles. The van der Waals surface area contributed by atoms with Crippen LogP contribution in [0.1, 0.15) is 52.0 Å². The van der Waals surface area contributed by atoms with Gasteiger partial charge in [-0.15, -0.1) is 0 Å². The van der Waals surface area contributed by atoms with E-state index in [1.54, 1.807) is 42.5 Å². The average molecular weight is 573 g/mol. The van der Waals surface area contributed by atoms with Gasteiger partial charge in [-0.3, -0.25) is 0 Å². The van der Waals surface area contributed by atoms with Crippen molar-refractivity contribution in [1.82, 2.24) is 19.3 Å². The topological polar surface area (TPSA) is 139 Å². The minimum Gasteiger partial charge on any atom is -0.444 e. The SMILES string of the molecule is CC(C)(C)OC(=O)N[C@H]1CCC[C@@H](Nc2ncc(C#N)c(-c3cn(S(=O)(=O)c4ccccc4)c4ccccc34)n2)C1. The van der Waals surface area contributed by atoms with Crippen molar-refractivity contribution in [3.8, 4) is 17.3 Å². The van der Waals surface area contributed by atoms with E-state index in [4.69, 9.17) is 9.72 Å². The second-order valence-electron chi connectivity index (χ2n) is 11.1. The molecule has 1 saturated carbocycles. The molecule has 1 fully saturated rings. The predicted octanol–water partition coefficient (Wildman–Crippen LogP) is 5.45. The van der Waals surface area contributed by atoms with Crippen LogP contribution in [0.25, 0.3) is 22.2 Å². The fourth-order valence-electron chi connectivity index (χ4n) is 5.09. The summed E-state index contributed by atoms with van der Waals surface area (Å²) in [4.78, 5) is 21.5.